The molecule has 0 atom stereocenters. The summed E-state index contributed by atoms with van der Waals surface area (Å²) < 4.78 is 4.89. The maximum atomic E-state index is 11.7. The number of morpholine rings is 1. The average molecular weight is 232 g/mol. The first-order valence-corrected chi connectivity index (χ1v) is 5.56. The van der Waals surface area contributed by atoms with E-state index in [-0.39, 0.29) is 25.0 Å². The number of rotatable bonds is 1. The highest BCUT2D eigenvalue weighted by molar-refractivity contribution is 6.17. The Morgan fingerprint density at radius 3 is 2.71 bits per heavy atom. The molecule has 17 heavy (non-hydrogen) atoms. The van der Waals surface area contributed by atoms with Crippen LogP contribution in [-0.4, -0.2) is 31.6 Å². The van der Waals surface area contributed by atoms with Gasteiger partial charge in [-0.2, -0.15) is 0 Å². The van der Waals surface area contributed by atoms with Crippen molar-refractivity contribution in [1.82, 2.24) is 0 Å². The van der Waals surface area contributed by atoms with E-state index in [1.54, 1.807) is 6.07 Å². The van der Waals surface area contributed by atoms with E-state index >= 15 is 0 Å². The van der Waals surface area contributed by atoms with Crippen LogP contribution in [-0.2, 0) is 20.7 Å². The predicted molar refractivity (Wildman–Crippen MR) is 61.9 cm³/mol. The van der Waals surface area contributed by atoms with Gasteiger partial charge in [0.15, 0.2) is 0 Å². The van der Waals surface area contributed by atoms with E-state index in [4.69, 9.17) is 4.74 Å². The van der Waals surface area contributed by atoms with Gasteiger partial charge in [0, 0.05) is 12.2 Å². The molecule has 2 aliphatic heterocycles. The lowest BCUT2D eigenvalue weighted by molar-refractivity contribution is -0.138. The average Bonchev–Trinajstić information content (AvgIpc) is 2.76. The molecule has 0 spiro atoms. The van der Waals surface area contributed by atoms with Crippen molar-refractivity contribution in [2.75, 3.05) is 30.0 Å². The molecule has 0 unspecified atom stereocenters. The normalized spacial score (nSPS) is 19.2. The summed E-state index contributed by atoms with van der Waals surface area (Å²) in [6.45, 7) is 0.853. The number of nitrogens with zero attached hydrogens (tertiary/aromatic N) is 1. The number of imide groups is 1. The van der Waals surface area contributed by atoms with Crippen molar-refractivity contribution in [3.63, 3.8) is 0 Å². The van der Waals surface area contributed by atoms with Crippen molar-refractivity contribution < 1.29 is 14.3 Å². The lowest BCUT2D eigenvalue weighted by Gasteiger charge is -2.25. The SMILES string of the molecule is O=C1COCC(=O)N1c1ccc2c(c1)CCN2. The van der Waals surface area contributed by atoms with E-state index in [0.29, 0.717) is 5.69 Å². The Bertz CT molecular complexity index is 483. The molecule has 2 heterocycles. The second kappa shape index (κ2) is 3.85. The summed E-state index contributed by atoms with van der Waals surface area (Å²) in [6.07, 6.45) is 0.926. The minimum atomic E-state index is -0.299. The van der Waals surface area contributed by atoms with Crippen LogP contribution in [0.4, 0.5) is 11.4 Å². The molecular formula is C12H12N2O3. The van der Waals surface area contributed by atoms with Crippen molar-refractivity contribution >= 4 is 23.2 Å². The Balaban J connectivity index is 1.97. The summed E-state index contributed by atoms with van der Waals surface area (Å²) in [6, 6.07) is 5.60. The standard InChI is InChI=1S/C12H12N2O3/c15-11-6-17-7-12(16)14(11)9-1-2-10-8(5-9)3-4-13-10/h1-2,5,13H,3-4,6-7H2. The molecule has 3 rings (SSSR count). The van der Waals surface area contributed by atoms with Crippen LogP contribution in [0.3, 0.4) is 0 Å². The summed E-state index contributed by atoms with van der Waals surface area (Å²) in [4.78, 5) is 24.6. The smallest absolute Gasteiger partial charge is 0.259 e. The van der Waals surface area contributed by atoms with Crippen LogP contribution in [0.25, 0.3) is 0 Å². The van der Waals surface area contributed by atoms with E-state index in [1.807, 2.05) is 12.1 Å². The van der Waals surface area contributed by atoms with E-state index < -0.39 is 0 Å². The van der Waals surface area contributed by atoms with Gasteiger partial charge in [0.05, 0.1) is 5.69 Å². The molecule has 5 heteroatoms. The van der Waals surface area contributed by atoms with Gasteiger partial charge in [-0.3, -0.25) is 9.59 Å². The molecule has 1 saturated heterocycles. The first-order valence-electron chi connectivity index (χ1n) is 5.56. The van der Waals surface area contributed by atoms with Gasteiger partial charge >= 0.3 is 0 Å². The zero-order valence-corrected chi connectivity index (χ0v) is 9.23. The molecule has 1 fully saturated rings. The number of fused-ring (bicyclic) bond motifs is 1. The third kappa shape index (κ3) is 1.68. The van der Waals surface area contributed by atoms with Crippen molar-refractivity contribution in [3.8, 4) is 0 Å². The van der Waals surface area contributed by atoms with Crippen LogP contribution in [0, 0.1) is 0 Å². The van der Waals surface area contributed by atoms with Crippen LogP contribution in [0.15, 0.2) is 18.2 Å². The zero-order valence-electron chi connectivity index (χ0n) is 9.23. The summed E-state index contributed by atoms with van der Waals surface area (Å²) in [5.74, 6) is -0.598. The van der Waals surface area contributed by atoms with Crippen LogP contribution >= 0.6 is 0 Å². The van der Waals surface area contributed by atoms with Gasteiger partial charge in [0.1, 0.15) is 13.2 Å². The van der Waals surface area contributed by atoms with Crippen molar-refractivity contribution in [1.29, 1.82) is 0 Å². The molecule has 0 radical (unpaired) electrons. The summed E-state index contributed by atoms with van der Waals surface area (Å²) in [7, 11) is 0. The highest BCUT2D eigenvalue weighted by Crippen LogP contribution is 2.28. The minimum absolute atomic E-state index is 0.0267. The van der Waals surface area contributed by atoms with Crippen LogP contribution in [0.2, 0.25) is 0 Å². The van der Waals surface area contributed by atoms with Crippen LogP contribution in [0.5, 0.6) is 0 Å². The van der Waals surface area contributed by atoms with Gasteiger partial charge < -0.3 is 10.1 Å². The highest BCUT2D eigenvalue weighted by atomic mass is 16.5. The second-order valence-electron chi connectivity index (χ2n) is 4.13. The van der Waals surface area contributed by atoms with E-state index in [2.05, 4.69) is 5.32 Å². The Labute approximate surface area is 98.4 Å². The number of nitrogens with one attached hydrogen (secondary N) is 1. The van der Waals surface area contributed by atoms with Gasteiger partial charge in [0.2, 0.25) is 0 Å². The fraction of sp³-hybridized carbons (Fsp3) is 0.333. The predicted octanol–water partition coefficient (Wildman–Crippen LogP) is 0.544. The number of ether oxygens (including phenoxy) is 1. The molecule has 5 nitrogen and oxygen atoms in total. The lowest BCUT2D eigenvalue weighted by atomic mass is 10.1. The Morgan fingerprint density at radius 2 is 1.94 bits per heavy atom. The van der Waals surface area contributed by atoms with E-state index in [0.717, 1.165) is 24.2 Å². The minimum Gasteiger partial charge on any atom is -0.384 e. The first-order chi connectivity index (χ1) is 8.25. The van der Waals surface area contributed by atoms with Crippen molar-refractivity contribution in [2.24, 2.45) is 0 Å². The summed E-state index contributed by atoms with van der Waals surface area (Å²) >= 11 is 0. The van der Waals surface area contributed by atoms with Crippen molar-refractivity contribution in [2.45, 2.75) is 6.42 Å². The molecule has 0 aliphatic carbocycles. The third-order valence-corrected chi connectivity index (χ3v) is 3.01. The Morgan fingerprint density at radius 1 is 1.18 bits per heavy atom. The van der Waals surface area contributed by atoms with Gasteiger partial charge in [-0.25, -0.2) is 4.90 Å². The third-order valence-electron chi connectivity index (χ3n) is 3.01. The molecular weight excluding hydrogens is 220 g/mol. The molecule has 0 bridgehead atoms. The maximum absolute atomic E-state index is 11.7. The van der Waals surface area contributed by atoms with Crippen LogP contribution < -0.4 is 10.2 Å². The fourth-order valence-electron chi connectivity index (χ4n) is 2.21. The lowest BCUT2D eigenvalue weighted by Crippen LogP contribution is -2.46. The summed E-state index contributed by atoms with van der Waals surface area (Å²) in [5, 5.41) is 3.24. The van der Waals surface area contributed by atoms with E-state index in [9.17, 15) is 9.59 Å². The largest absolute Gasteiger partial charge is 0.384 e. The number of hydrogen-bond donors (Lipinski definition) is 1. The number of anilines is 2. The molecule has 1 aromatic rings. The second-order valence-corrected chi connectivity index (χ2v) is 4.13. The van der Waals surface area contributed by atoms with Gasteiger partial charge in [-0.15, -0.1) is 0 Å². The number of carbonyl (C=O) groups is 2. The van der Waals surface area contributed by atoms with Gasteiger partial charge in [-0.05, 0) is 30.2 Å². The zero-order chi connectivity index (χ0) is 11.8. The number of benzene rings is 1. The first kappa shape index (κ1) is 10.3. The highest BCUT2D eigenvalue weighted by Gasteiger charge is 2.28. The fourth-order valence-corrected chi connectivity index (χ4v) is 2.21. The number of hydrogen-bond acceptors (Lipinski definition) is 4. The molecule has 1 N–H and O–H groups in total. The summed E-state index contributed by atoms with van der Waals surface area (Å²) in [5.41, 5.74) is 2.88. The molecule has 0 saturated carbocycles. The molecule has 2 aliphatic rings. The molecule has 1 aromatic carbocycles. The Hall–Kier alpha value is -1.88. The van der Waals surface area contributed by atoms with Crippen molar-refractivity contribution in [3.05, 3.63) is 23.8 Å². The van der Waals surface area contributed by atoms with Gasteiger partial charge in [-0.1, -0.05) is 0 Å². The monoisotopic (exact) mass is 232 g/mol. The molecule has 88 valence electrons. The molecule has 2 amide bonds. The Kier molecular flexibility index (Phi) is 2.33. The number of carbonyl (C=O) groups excluding carboxylic acids is 2. The maximum Gasteiger partial charge on any atom is 0.259 e. The van der Waals surface area contributed by atoms with Crippen LogP contribution in [0.1, 0.15) is 5.56 Å². The topological polar surface area (TPSA) is 58.6 Å². The quantitative estimate of drug-likeness (QED) is 0.718. The van der Waals surface area contributed by atoms with Gasteiger partial charge in [0.25, 0.3) is 11.8 Å². The molecule has 0 aromatic heterocycles. The number of amides is 2. The van der Waals surface area contributed by atoms with E-state index in [1.165, 1.54) is 4.90 Å².